The van der Waals surface area contributed by atoms with E-state index in [1.807, 2.05) is 0 Å². The fraction of sp³-hybridized carbons (Fsp3) is 0.300. The summed E-state index contributed by atoms with van der Waals surface area (Å²) in [5.74, 6) is -0.240. The van der Waals surface area contributed by atoms with Crippen molar-refractivity contribution < 1.29 is 22.7 Å². The Morgan fingerprint density at radius 3 is 2.38 bits per heavy atom. The third kappa shape index (κ3) is 2.65. The normalized spacial score (nSPS) is 15.6. The summed E-state index contributed by atoms with van der Waals surface area (Å²) < 4.78 is 39.4. The third-order valence-electron chi connectivity index (χ3n) is 2.03. The summed E-state index contributed by atoms with van der Waals surface area (Å²) in [6.45, 7) is 0.510. The van der Waals surface area contributed by atoms with E-state index in [9.17, 15) is 13.2 Å². The largest absolute Gasteiger partial charge is 0.573 e. The second-order valence-corrected chi connectivity index (χ2v) is 3.19. The van der Waals surface area contributed by atoms with Crippen molar-refractivity contribution >= 4 is 5.71 Å². The molecule has 1 aromatic rings. The summed E-state index contributed by atoms with van der Waals surface area (Å²) in [5, 5.41) is 3.76. The molecule has 0 saturated carbocycles. The number of halogens is 3. The molecule has 0 N–H and O–H groups in total. The highest BCUT2D eigenvalue weighted by Crippen LogP contribution is 2.23. The molecule has 3 nitrogen and oxygen atoms in total. The Morgan fingerprint density at radius 1 is 1.19 bits per heavy atom. The van der Waals surface area contributed by atoms with Crippen LogP contribution in [0.1, 0.15) is 12.0 Å². The van der Waals surface area contributed by atoms with Gasteiger partial charge in [-0.1, -0.05) is 5.16 Å². The summed E-state index contributed by atoms with van der Waals surface area (Å²) in [6.07, 6.45) is -3.99. The van der Waals surface area contributed by atoms with E-state index in [0.717, 1.165) is 11.3 Å². The summed E-state index contributed by atoms with van der Waals surface area (Å²) in [4.78, 5) is 4.80. The SMILES string of the molecule is FC(F)(F)Oc1ccc(C2=NOCC2)cc1. The first-order valence-electron chi connectivity index (χ1n) is 4.59. The maximum absolute atomic E-state index is 11.9. The fourth-order valence-electron chi connectivity index (χ4n) is 1.36. The molecule has 1 aliphatic heterocycles. The van der Waals surface area contributed by atoms with Gasteiger partial charge in [0.2, 0.25) is 0 Å². The molecule has 0 bridgehead atoms. The molecule has 2 rings (SSSR count). The fourth-order valence-corrected chi connectivity index (χ4v) is 1.36. The van der Waals surface area contributed by atoms with Crippen LogP contribution in [0.3, 0.4) is 0 Å². The van der Waals surface area contributed by atoms with E-state index >= 15 is 0 Å². The lowest BCUT2D eigenvalue weighted by atomic mass is 10.1. The first-order valence-corrected chi connectivity index (χ1v) is 4.59. The zero-order valence-corrected chi connectivity index (χ0v) is 8.12. The maximum Gasteiger partial charge on any atom is 0.573 e. The van der Waals surface area contributed by atoms with Crippen molar-refractivity contribution in [1.29, 1.82) is 0 Å². The van der Waals surface area contributed by atoms with E-state index in [-0.39, 0.29) is 5.75 Å². The highest BCUT2D eigenvalue weighted by atomic mass is 19.4. The number of rotatable bonds is 2. The van der Waals surface area contributed by atoms with Gasteiger partial charge in [0, 0.05) is 6.42 Å². The maximum atomic E-state index is 11.9. The van der Waals surface area contributed by atoms with Crippen LogP contribution in [0.4, 0.5) is 13.2 Å². The van der Waals surface area contributed by atoms with Crippen LogP contribution < -0.4 is 4.74 Å². The van der Waals surface area contributed by atoms with Gasteiger partial charge >= 0.3 is 6.36 Å². The molecular weight excluding hydrogens is 223 g/mol. The van der Waals surface area contributed by atoms with Gasteiger partial charge in [-0.25, -0.2) is 0 Å². The van der Waals surface area contributed by atoms with Crippen molar-refractivity contribution in [2.24, 2.45) is 5.16 Å². The van der Waals surface area contributed by atoms with Gasteiger partial charge in [-0.3, -0.25) is 0 Å². The molecule has 0 unspecified atom stereocenters. The Balaban J connectivity index is 2.10. The molecule has 0 saturated heterocycles. The van der Waals surface area contributed by atoms with E-state index in [2.05, 4.69) is 9.89 Å². The highest BCUT2D eigenvalue weighted by molar-refractivity contribution is 6.00. The first kappa shape index (κ1) is 10.8. The lowest BCUT2D eigenvalue weighted by Crippen LogP contribution is -2.17. The smallest absolute Gasteiger partial charge is 0.406 e. The lowest BCUT2D eigenvalue weighted by molar-refractivity contribution is -0.274. The van der Waals surface area contributed by atoms with Gasteiger partial charge in [-0.2, -0.15) is 0 Å². The van der Waals surface area contributed by atoms with E-state index in [1.165, 1.54) is 24.3 Å². The van der Waals surface area contributed by atoms with E-state index in [1.54, 1.807) is 0 Å². The van der Waals surface area contributed by atoms with E-state index in [0.29, 0.717) is 13.0 Å². The first-order chi connectivity index (χ1) is 7.54. The summed E-state index contributed by atoms with van der Waals surface area (Å²) in [6, 6.07) is 5.55. The molecule has 0 fully saturated rings. The number of nitrogens with zero attached hydrogens (tertiary/aromatic N) is 1. The molecule has 0 radical (unpaired) electrons. The molecule has 86 valence electrons. The Morgan fingerprint density at radius 2 is 1.88 bits per heavy atom. The van der Waals surface area contributed by atoms with Gasteiger partial charge in [0.1, 0.15) is 12.4 Å². The topological polar surface area (TPSA) is 30.8 Å². The average molecular weight is 231 g/mol. The Labute approximate surface area is 89.5 Å². The number of hydrogen-bond acceptors (Lipinski definition) is 3. The standard InChI is InChI=1S/C10H8F3NO2/c11-10(12,13)16-8-3-1-7(2-4-8)9-5-6-15-14-9/h1-4H,5-6H2. The van der Waals surface area contributed by atoms with Crippen LogP contribution >= 0.6 is 0 Å². The number of ether oxygens (including phenoxy) is 1. The second kappa shape index (κ2) is 4.03. The van der Waals surface area contributed by atoms with Gasteiger partial charge < -0.3 is 9.57 Å². The molecule has 1 heterocycles. The predicted octanol–water partition coefficient (Wildman–Crippen LogP) is 2.71. The molecule has 0 spiro atoms. The van der Waals surface area contributed by atoms with Gasteiger partial charge in [-0.15, -0.1) is 13.2 Å². The highest BCUT2D eigenvalue weighted by Gasteiger charge is 2.31. The molecule has 0 atom stereocenters. The number of oxime groups is 1. The lowest BCUT2D eigenvalue weighted by Gasteiger charge is -2.08. The van der Waals surface area contributed by atoms with Crippen LogP contribution in [-0.2, 0) is 4.84 Å². The third-order valence-corrected chi connectivity index (χ3v) is 2.03. The molecular formula is C10H8F3NO2. The van der Waals surface area contributed by atoms with E-state index < -0.39 is 6.36 Å². The van der Waals surface area contributed by atoms with Crippen LogP contribution in [0.5, 0.6) is 5.75 Å². The Bertz CT molecular complexity index is 398. The van der Waals surface area contributed by atoms with Crippen molar-refractivity contribution in [2.45, 2.75) is 12.8 Å². The van der Waals surface area contributed by atoms with Crippen molar-refractivity contribution in [2.75, 3.05) is 6.61 Å². The van der Waals surface area contributed by atoms with E-state index in [4.69, 9.17) is 4.84 Å². The number of benzene rings is 1. The van der Waals surface area contributed by atoms with Crippen LogP contribution in [0, 0.1) is 0 Å². The minimum absolute atomic E-state index is 0.240. The summed E-state index contributed by atoms with van der Waals surface area (Å²) >= 11 is 0. The van der Waals surface area contributed by atoms with Crippen LogP contribution in [0.25, 0.3) is 0 Å². The molecule has 1 aliphatic rings. The number of alkyl halides is 3. The van der Waals surface area contributed by atoms with Crippen molar-refractivity contribution in [3.05, 3.63) is 29.8 Å². The zero-order chi connectivity index (χ0) is 11.6. The van der Waals surface area contributed by atoms with Crippen molar-refractivity contribution in [3.8, 4) is 5.75 Å². The monoisotopic (exact) mass is 231 g/mol. The molecule has 6 heteroatoms. The van der Waals surface area contributed by atoms with Gasteiger partial charge in [-0.05, 0) is 29.8 Å². The minimum atomic E-state index is -4.66. The molecule has 0 amide bonds. The van der Waals surface area contributed by atoms with Crippen molar-refractivity contribution in [3.63, 3.8) is 0 Å². The Hall–Kier alpha value is -1.72. The van der Waals surface area contributed by atoms with Crippen molar-refractivity contribution in [1.82, 2.24) is 0 Å². The van der Waals surface area contributed by atoms with Gasteiger partial charge in [0.15, 0.2) is 0 Å². The average Bonchev–Trinajstić information content (AvgIpc) is 2.69. The second-order valence-electron chi connectivity index (χ2n) is 3.19. The molecule has 1 aromatic carbocycles. The van der Waals surface area contributed by atoms with Crippen LogP contribution in [0.15, 0.2) is 29.4 Å². The van der Waals surface area contributed by atoms with Crippen LogP contribution in [-0.4, -0.2) is 18.7 Å². The minimum Gasteiger partial charge on any atom is -0.406 e. The van der Waals surface area contributed by atoms with Gasteiger partial charge in [0.05, 0.1) is 5.71 Å². The zero-order valence-electron chi connectivity index (χ0n) is 8.12. The summed E-state index contributed by atoms with van der Waals surface area (Å²) in [5.41, 5.74) is 1.48. The molecule has 0 aromatic heterocycles. The summed E-state index contributed by atoms with van der Waals surface area (Å²) in [7, 11) is 0. The molecule has 0 aliphatic carbocycles. The van der Waals surface area contributed by atoms with Crippen LogP contribution in [0.2, 0.25) is 0 Å². The van der Waals surface area contributed by atoms with Gasteiger partial charge in [0.25, 0.3) is 0 Å². The predicted molar refractivity (Wildman–Crippen MR) is 50.2 cm³/mol. The number of hydrogen-bond donors (Lipinski definition) is 0. The quantitative estimate of drug-likeness (QED) is 0.783. The Kier molecular flexibility index (Phi) is 2.72. The molecule has 16 heavy (non-hydrogen) atoms.